The van der Waals surface area contributed by atoms with E-state index in [4.69, 9.17) is 4.42 Å². The van der Waals surface area contributed by atoms with Crippen LogP contribution < -0.4 is 0 Å². The molecule has 2 heterocycles. The molecule has 19 heavy (non-hydrogen) atoms. The highest BCUT2D eigenvalue weighted by molar-refractivity contribution is 5.89. The van der Waals surface area contributed by atoms with Gasteiger partial charge in [-0.3, -0.25) is 4.79 Å². The Balaban J connectivity index is 1.98. The van der Waals surface area contributed by atoms with Crippen molar-refractivity contribution in [2.45, 2.75) is 19.0 Å². The van der Waals surface area contributed by atoms with Gasteiger partial charge in [0.25, 0.3) is 0 Å². The maximum absolute atomic E-state index is 12.2. The second kappa shape index (κ2) is 5.66. The molecule has 1 aromatic rings. The summed E-state index contributed by atoms with van der Waals surface area (Å²) >= 11 is 0. The zero-order chi connectivity index (χ0) is 14.0. The summed E-state index contributed by atoms with van der Waals surface area (Å²) in [5.74, 6) is 0.398. The minimum atomic E-state index is -0.165. The molecule has 1 amide bonds. The topological polar surface area (TPSA) is 65.7 Å². The van der Waals surface area contributed by atoms with Crippen molar-refractivity contribution in [2.24, 2.45) is 0 Å². The van der Waals surface area contributed by atoms with Gasteiger partial charge in [-0.05, 0) is 34.6 Å². The Kier molecular flexibility index (Phi) is 4.16. The SMILES string of the molecule is CN(C)Cc1nnc(C(=O)N2CCC(N(C)C)C2)o1. The molecule has 0 spiro atoms. The van der Waals surface area contributed by atoms with Crippen LogP contribution in [0.2, 0.25) is 0 Å². The first-order valence-electron chi connectivity index (χ1n) is 6.40. The normalized spacial score (nSPS) is 19.7. The Labute approximate surface area is 113 Å². The van der Waals surface area contributed by atoms with Crippen LogP contribution in [0.4, 0.5) is 0 Å². The average molecular weight is 267 g/mol. The molecule has 0 radical (unpaired) electrons. The van der Waals surface area contributed by atoms with E-state index in [0.29, 0.717) is 18.5 Å². The second-order valence-corrected chi connectivity index (χ2v) is 5.40. The van der Waals surface area contributed by atoms with Gasteiger partial charge in [0.2, 0.25) is 5.89 Å². The number of likely N-dealkylation sites (tertiary alicyclic amines) is 1. The van der Waals surface area contributed by atoms with Gasteiger partial charge in [-0.15, -0.1) is 10.2 Å². The van der Waals surface area contributed by atoms with Gasteiger partial charge in [0.15, 0.2) is 0 Å². The highest BCUT2D eigenvalue weighted by Gasteiger charge is 2.30. The van der Waals surface area contributed by atoms with Crippen LogP contribution >= 0.6 is 0 Å². The molecule has 1 fully saturated rings. The Morgan fingerprint density at radius 1 is 1.37 bits per heavy atom. The molecule has 0 aromatic carbocycles. The van der Waals surface area contributed by atoms with Gasteiger partial charge < -0.3 is 19.1 Å². The number of hydrogen-bond acceptors (Lipinski definition) is 6. The lowest BCUT2D eigenvalue weighted by atomic mass is 10.2. The van der Waals surface area contributed by atoms with Crippen molar-refractivity contribution >= 4 is 5.91 Å². The van der Waals surface area contributed by atoms with Crippen LogP contribution in [0, 0.1) is 0 Å². The molecule has 0 saturated carbocycles. The van der Waals surface area contributed by atoms with Crippen molar-refractivity contribution in [3.8, 4) is 0 Å². The molecular weight excluding hydrogens is 246 g/mol. The van der Waals surface area contributed by atoms with E-state index in [1.165, 1.54) is 0 Å². The minimum absolute atomic E-state index is 0.0938. The van der Waals surface area contributed by atoms with Crippen molar-refractivity contribution < 1.29 is 9.21 Å². The van der Waals surface area contributed by atoms with Crippen molar-refractivity contribution in [1.29, 1.82) is 0 Å². The fourth-order valence-corrected chi connectivity index (χ4v) is 2.16. The van der Waals surface area contributed by atoms with E-state index in [0.717, 1.165) is 19.5 Å². The number of carbonyl (C=O) groups is 1. The van der Waals surface area contributed by atoms with Gasteiger partial charge in [-0.2, -0.15) is 0 Å². The van der Waals surface area contributed by atoms with Crippen molar-refractivity contribution in [2.75, 3.05) is 41.3 Å². The van der Waals surface area contributed by atoms with Crippen LogP contribution in [-0.4, -0.2) is 78.1 Å². The Hall–Kier alpha value is -1.47. The molecule has 1 aliphatic heterocycles. The van der Waals surface area contributed by atoms with Gasteiger partial charge >= 0.3 is 11.8 Å². The molecule has 7 nitrogen and oxygen atoms in total. The van der Waals surface area contributed by atoms with E-state index in [2.05, 4.69) is 15.1 Å². The number of nitrogens with zero attached hydrogens (tertiary/aromatic N) is 5. The summed E-state index contributed by atoms with van der Waals surface area (Å²) in [4.78, 5) is 18.0. The number of hydrogen-bond donors (Lipinski definition) is 0. The number of rotatable bonds is 4. The molecule has 0 aliphatic carbocycles. The first-order valence-corrected chi connectivity index (χ1v) is 6.40. The maximum Gasteiger partial charge on any atom is 0.311 e. The Bertz CT molecular complexity index is 443. The summed E-state index contributed by atoms with van der Waals surface area (Å²) in [7, 11) is 7.88. The molecule has 1 atom stereocenters. The largest absolute Gasteiger partial charge is 0.415 e. The second-order valence-electron chi connectivity index (χ2n) is 5.40. The van der Waals surface area contributed by atoms with Crippen LogP contribution in [0.5, 0.6) is 0 Å². The molecule has 1 aromatic heterocycles. The van der Waals surface area contributed by atoms with E-state index in [9.17, 15) is 4.79 Å². The van der Waals surface area contributed by atoms with E-state index >= 15 is 0 Å². The van der Waals surface area contributed by atoms with Crippen molar-refractivity contribution in [1.82, 2.24) is 24.9 Å². The third-order valence-corrected chi connectivity index (χ3v) is 3.28. The number of carbonyl (C=O) groups excluding carboxylic acids is 1. The zero-order valence-electron chi connectivity index (χ0n) is 12.0. The fraction of sp³-hybridized carbons (Fsp3) is 0.750. The summed E-state index contributed by atoms with van der Waals surface area (Å²) in [6.45, 7) is 2.00. The summed E-state index contributed by atoms with van der Waals surface area (Å²) in [6.07, 6.45) is 0.984. The molecule has 106 valence electrons. The van der Waals surface area contributed by atoms with Gasteiger partial charge in [0.05, 0.1) is 6.54 Å². The first-order chi connectivity index (χ1) is 8.97. The van der Waals surface area contributed by atoms with Gasteiger partial charge in [-0.1, -0.05) is 0 Å². The Morgan fingerprint density at radius 3 is 2.68 bits per heavy atom. The molecule has 0 N–H and O–H groups in total. The van der Waals surface area contributed by atoms with E-state index in [1.807, 2.05) is 33.1 Å². The smallest absolute Gasteiger partial charge is 0.311 e. The quantitative estimate of drug-likeness (QED) is 0.759. The number of amides is 1. The molecule has 1 aliphatic rings. The minimum Gasteiger partial charge on any atom is -0.415 e. The zero-order valence-corrected chi connectivity index (χ0v) is 12.0. The lowest BCUT2D eigenvalue weighted by Crippen LogP contribution is -2.34. The van der Waals surface area contributed by atoms with Crippen molar-refractivity contribution in [3.63, 3.8) is 0 Å². The molecule has 1 saturated heterocycles. The third-order valence-electron chi connectivity index (χ3n) is 3.28. The predicted octanol–water partition coefficient (Wildman–Crippen LogP) is -0.0927. The maximum atomic E-state index is 12.2. The number of likely N-dealkylation sites (N-methyl/N-ethyl adjacent to an activating group) is 1. The standard InChI is InChI=1S/C12H21N5O2/c1-15(2)8-10-13-14-11(19-10)12(18)17-6-5-9(7-17)16(3)4/h9H,5-8H2,1-4H3. The Morgan fingerprint density at radius 2 is 2.11 bits per heavy atom. The van der Waals surface area contributed by atoms with Gasteiger partial charge in [0, 0.05) is 19.1 Å². The molecule has 2 rings (SSSR count). The lowest BCUT2D eigenvalue weighted by Gasteiger charge is -2.19. The summed E-state index contributed by atoms with van der Waals surface area (Å²) in [5, 5.41) is 7.72. The van der Waals surface area contributed by atoms with Gasteiger partial charge in [0.1, 0.15) is 0 Å². The van der Waals surface area contributed by atoms with E-state index in [-0.39, 0.29) is 11.8 Å². The molecule has 7 heteroatoms. The van der Waals surface area contributed by atoms with E-state index in [1.54, 1.807) is 4.90 Å². The highest BCUT2D eigenvalue weighted by atomic mass is 16.4. The molecule has 1 unspecified atom stereocenters. The van der Waals surface area contributed by atoms with Crippen LogP contribution in [0.3, 0.4) is 0 Å². The highest BCUT2D eigenvalue weighted by Crippen LogP contribution is 2.16. The predicted molar refractivity (Wildman–Crippen MR) is 69.7 cm³/mol. The van der Waals surface area contributed by atoms with E-state index < -0.39 is 0 Å². The monoisotopic (exact) mass is 267 g/mol. The summed E-state index contributed by atoms with van der Waals surface area (Å²) in [6, 6.07) is 0.410. The van der Waals surface area contributed by atoms with Gasteiger partial charge in [-0.25, -0.2) is 0 Å². The third kappa shape index (κ3) is 3.30. The van der Waals surface area contributed by atoms with Crippen LogP contribution in [0.15, 0.2) is 4.42 Å². The average Bonchev–Trinajstić information content (AvgIpc) is 2.95. The number of aromatic nitrogens is 2. The molecular formula is C12H21N5O2. The van der Waals surface area contributed by atoms with Crippen LogP contribution in [0.1, 0.15) is 23.0 Å². The van der Waals surface area contributed by atoms with Crippen LogP contribution in [-0.2, 0) is 6.54 Å². The fourth-order valence-electron chi connectivity index (χ4n) is 2.16. The molecule has 0 bridgehead atoms. The first kappa shape index (κ1) is 14.0. The lowest BCUT2D eigenvalue weighted by molar-refractivity contribution is 0.0740. The van der Waals surface area contributed by atoms with Crippen molar-refractivity contribution in [3.05, 3.63) is 11.8 Å². The summed E-state index contributed by atoms with van der Waals surface area (Å²) < 4.78 is 5.40. The summed E-state index contributed by atoms with van der Waals surface area (Å²) in [5.41, 5.74) is 0. The van der Waals surface area contributed by atoms with Crippen LogP contribution in [0.25, 0.3) is 0 Å².